The Morgan fingerprint density at radius 2 is 1.77 bits per heavy atom. The standard InChI is InChI=1S/C15H17NO10/c17-7-4-2-1-3-6(7)13(22)16-5-8(18)25-15-11(21)9(19)10(20)12(26-15)14(23)24/h1-4,9-12,15,17,19-21H,5H2,(H,16,22)(H,23,24)/p-1/t9-,10-,11+,12-,15+/m0/s1. The Morgan fingerprint density at radius 3 is 2.38 bits per heavy atom. The number of carbonyl (C=O) groups excluding carboxylic acids is 3. The molecule has 1 amide bonds. The Hall–Kier alpha value is -2.73. The second-order valence-corrected chi connectivity index (χ2v) is 5.41. The highest BCUT2D eigenvalue weighted by Crippen LogP contribution is 2.22. The first-order valence-electron chi connectivity index (χ1n) is 7.38. The normalized spacial score (nSPS) is 28.2. The smallest absolute Gasteiger partial charge is 0.327 e. The molecule has 142 valence electrons. The summed E-state index contributed by atoms with van der Waals surface area (Å²) in [5, 5.41) is 51.3. The van der Waals surface area contributed by atoms with Gasteiger partial charge in [0.2, 0.25) is 6.29 Å². The summed E-state index contributed by atoms with van der Waals surface area (Å²) in [5.74, 6) is -4.09. The van der Waals surface area contributed by atoms with Gasteiger partial charge in [-0.05, 0) is 12.1 Å². The van der Waals surface area contributed by atoms with E-state index in [9.17, 15) is 39.9 Å². The summed E-state index contributed by atoms with van der Waals surface area (Å²) in [7, 11) is 0. The number of phenols is 1. The number of aromatic hydroxyl groups is 1. The zero-order valence-corrected chi connectivity index (χ0v) is 13.1. The van der Waals surface area contributed by atoms with Gasteiger partial charge in [-0.3, -0.25) is 9.59 Å². The van der Waals surface area contributed by atoms with Crippen LogP contribution >= 0.6 is 0 Å². The minimum Gasteiger partial charge on any atom is -0.547 e. The van der Waals surface area contributed by atoms with E-state index >= 15 is 0 Å². The third-order valence-electron chi connectivity index (χ3n) is 3.59. The van der Waals surface area contributed by atoms with Gasteiger partial charge in [0, 0.05) is 0 Å². The molecule has 0 bridgehead atoms. The molecule has 11 nitrogen and oxygen atoms in total. The molecule has 11 heteroatoms. The molecule has 0 unspecified atom stereocenters. The van der Waals surface area contributed by atoms with Crippen LogP contribution in [0.4, 0.5) is 0 Å². The number of rotatable bonds is 5. The van der Waals surface area contributed by atoms with Crippen molar-refractivity contribution in [3.63, 3.8) is 0 Å². The molecule has 1 aliphatic heterocycles. The number of amides is 1. The predicted molar refractivity (Wildman–Crippen MR) is 78.2 cm³/mol. The van der Waals surface area contributed by atoms with E-state index in [0.717, 1.165) is 0 Å². The van der Waals surface area contributed by atoms with Crippen molar-refractivity contribution in [3.05, 3.63) is 29.8 Å². The first-order chi connectivity index (χ1) is 12.2. The van der Waals surface area contributed by atoms with Crippen LogP contribution in [0.1, 0.15) is 10.4 Å². The van der Waals surface area contributed by atoms with E-state index in [1.807, 2.05) is 0 Å². The number of benzene rings is 1. The number of esters is 1. The Morgan fingerprint density at radius 1 is 1.12 bits per heavy atom. The number of carbonyl (C=O) groups is 3. The van der Waals surface area contributed by atoms with Crippen molar-refractivity contribution < 1.29 is 49.4 Å². The largest absolute Gasteiger partial charge is 0.547 e. The molecule has 1 saturated heterocycles. The number of hydrogen-bond acceptors (Lipinski definition) is 10. The van der Waals surface area contributed by atoms with E-state index < -0.39 is 55.1 Å². The van der Waals surface area contributed by atoms with Gasteiger partial charge in [0.1, 0.15) is 36.7 Å². The number of hydrogen-bond donors (Lipinski definition) is 5. The maximum atomic E-state index is 11.8. The van der Waals surface area contributed by atoms with Crippen molar-refractivity contribution in [3.8, 4) is 5.75 Å². The summed E-state index contributed by atoms with van der Waals surface area (Å²) in [5.41, 5.74) is -0.0928. The molecule has 26 heavy (non-hydrogen) atoms. The fourth-order valence-electron chi connectivity index (χ4n) is 2.22. The summed E-state index contributed by atoms with van der Waals surface area (Å²) in [4.78, 5) is 34.4. The molecule has 1 aromatic carbocycles. The lowest BCUT2D eigenvalue weighted by Gasteiger charge is -2.40. The molecule has 1 fully saturated rings. The fraction of sp³-hybridized carbons (Fsp3) is 0.400. The van der Waals surface area contributed by atoms with Crippen LogP contribution in [0.3, 0.4) is 0 Å². The third kappa shape index (κ3) is 4.26. The highest BCUT2D eigenvalue weighted by Gasteiger charge is 2.46. The Bertz CT molecular complexity index is 693. The number of carboxylic acids is 1. The summed E-state index contributed by atoms with van der Waals surface area (Å²) in [6, 6.07) is 5.57. The van der Waals surface area contributed by atoms with Gasteiger partial charge >= 0.3 is 5.97 Å². The lowest BCUT2D eigenvalue weighted by molar-refractivity contribution is -0.346. The molecule has 0 saturated carbocycles. The van der Waals surface area contributed by atoms with Crippen LogP contribution in [-0.4, -0.2) is 75.5 Å². The minimum absolute atomic E-state index is 0.0928. The molecule has 5 atom stereocenters. The van der Waals surface area contributed by atoms with E-state index in [1.165, 1.54) is 24.3 Å². The van der Waals surface area contributed by atoms with Crippen LogP contribution < -0.4 is 10.4 Å². The summed E-state index contributed by atoms with van der Waals surface area (Å²) in [6.45, 7) is -0.700. The molecule has 0 spiro atoms. The van der Waals surface area contributed by atoms with Gasteiger partial charge in [-0.2, -0.15) is 0 Å². The zero-order chi connectivity index (χ0) is 19.4. The summed E-state index contributed by atoms with van der Waals surface area (Å²) < 4.78 is 9.37. The number of para-hydroxylation sites is 1. The van der Waals surface area contributed by atoms with E-state index in [1.54, 1.807) is 0 Å². The number of phenolic OH excluding ortho intramolecular Hbond substituents is 1. The van der Waals surface area contributed by atoms with Crippen molar-refractivity contribution in [2.45, 2.75) is 30.7 Å². The molecular formula is C15H16NO10-. The maximum absolute atomic E-state index is 11.8. The van der Waals surface area contributed by atoms with E-state index in [4.69, 9.17) is 4.74 Å². The fourth-order valence-corrected chi connectivity index (χ4v) is 2.22. The van der Waals surface area contributed by atoms with Crippen LogP contribution in [0.5, 0.6) is 5.75 Å². The quantitative estimate of drug-likeness (QED) is 0.322. The minimum atomic E-state index is -2.03. The number of aliphatic carboxylic acids is 1. The maximum Gasteiger partial charge on any atom is 0.327 e. The van der Waals surface area contributed by atoms with E-state index in [-0.39, 0.29) is 11.3 Å². The van der Waals surface area contributed by atoms with Crippen LogP contribution in [0.15, 0.2) is 24.3 Å². The zero-order valence-electron chi connectivity index (χ0n) is 13.1. The van der Waals surface area contributed by atoms with Gasteiger partial charge in [-0.1, -0.05) is 12.1 Å². The highest BCUT2D eigenvalue weighted by molar-refractivity contribution is 5.98. The number of aliphatic hydroxyl groups excluding tert-OH is 3. The van der Waals surface area contributed by atoms with E-state index in [2.05, 4.69) is 10.1 Å². The molecule has 0 radical (unpaired) electrons. The number of ether oxygens (including phenoxy) is 2. The average Bonchev–Trinajstić information content (AvgIpc) is 2.60. The Labute approximate surface area is 146 Å². The van der Waals surface area contributed by atoms with E-state index in [0.29, 0.717) is 0 Å². The molecule has 1 aliphatic rings. The SMILES string of the molecule is O=C(CNC(=O)c1ccccc1O)O[C@@H]1O[C@H](C(=O)[O-])[C@@H](O)[C@H](O)[C@H]1O. The van der Waals surface area contributed by atoms with Gasteiger partial charge in [-0.25, -0.2) is 0 Å². The topological polar surface area (TPSA) is 186 Å². The van der Waals surface area contributed by atoms with Crippen LogP contribution in [0.2, 0.25) is 0 Å². The molecule has 0 aliphatic carbocycles. The van der Waals surface area contributed by atoms with Crippen molar-refractivity contribution in [1.82, 2.24) is 5.32 Å². The molecule has 1 aromatic rings. The summed E-state index contributed by atoms with van der Waals surface area (Å²) in [6.07, 6.45) is -9.78. The van der Waals surface area contributed by atoms with Crippen molar-refractivity contribution in [2.24, 2.45) is 0 Å². The number of nitrogens with one attached hydrogen (secondary N) is 1. The average molecular weight is 370 g/mol. The van der Waals surface area contributed by atoms with Gasteiger partial charge < -0.3 is 45.1 Å². The molecule has 0 aromatic heterocycles. The van der Waals surface area contributed by atoms with Gasteiger partial charge in [0.05, 0.1) is 11.5 Å². The van der Waals surface area contributed by atoms with Crippen LogP contribution in [-0.2, 0) is 19.1 Å². The van der Waals surface area contributed by atoms with Gasteiger partial charge in [0.15, 0.2) is 0 Å². The molecule has 2 rings (SSSR count). The summed E-state index contributed by atoms with van der Waals surface area (Å²) >= 11 is 0. The number of carboxylic acid groups (broad SMARTS) is 1. The molecule has 1 heterocycles. The van der Waals surface area contributed by atoms with Gasteiger partial charge in [-0.15, -0.1) is 0 Å². The monoisotopic (exact) mass is 370 g/mol. The Balaban J connectivity index is 1.93. The van der Waals surface area contributed by atoms with Crippen LogP contribution in [0, 0.1) is 0 Å². The number of aliphatic hydroxyl groups is 3. The third-order valence-corrected chi connectivity index (χ3v) is 3.59. The van der Waals surface area contributed by atoms with Crippen LogP contribution in [0.25, 0.3) is 0 Å². The second kappa shape index (κ2) is 8.10. The second-order valence-electron chi connectivity index (χ2n) is 5.41. The lowest BCUT2D eigenvalue weighted by atomic mass is 9.99. The van der Waals surface area contributed by atoms with Crippen molar-refractivity contribution in [2.75, 3.05) is 6.54 Å². The van der Waals surface area contributed by atoms with Crippen molar-refractivity contribution in [1.29, 1.82) is 0 Å². The van der Waals surface area contributed by atoms with Crippen molar-refractivity contribution >= 4 is 17.8 Å². The predicted octanol–water partition coefficient (Wildman–Crippen LogP) is -3.78. The first kappa shape index (κ1) is 19.6. The molecular weight excluding hydrogens is 354 g/mol. The van der Waals surface area contributed by atoms with Gasteiger partial charge in [0.25, 0.3) is 5.91 Å². The lowest BCUT2D eigenvalue weighted by Crippen LogP contribution is -2.63. The highest BCUT2D eigenvalue weighted by atomic mass is 16.7. The Kier molecular flexibility index (Phi) is 6.10. The molecule has 5 N–H and O–H groups in total. The first-order valence-corrected chi connectivity index (χ1v) is 7.38.